The van der Waals surface area contributed by atoms with Crippen LogP contribution in [-0.4, -0.2) is 21.3 Å². The van der Waals surface area contributed by atoms with Gasteiger partial charge in [-0.05, 0) is 18.2 Å². The number of fused-ring (bicyclic) bond motifs is 1. The molecule has 0 saturated carbocycles. The predicted octanol–water partition coefficient (Wildman–Crippen LogP) is 0.910. The van der Waals surface area contributed by atoms with Gasteiger partial charge in [0.2, 0.25) is 0 Å². The van der Waals surface area contributed by atoms with E-state index in [4.69, 9.17) is 10.8 Å². The predicted molar refractivity (Wildman–Crippen MR) is 50.9 cm³/mol. The number of benzene rings is 1. The van der Waals surface area contributed by atoms with Crippen LogP contribution >= 0.6 is 0 Å². The second kappa shape index (κ2) is 2.95. The Labute approximate surface area is 79.2 Å². The van der Waals surface area contributed by atoms with Gasteiger partial charge in [-0.2, -0.15) is 0 Å². The number of nitrogens with two attached hydrogens (primary N) is 1. The number of nitrogens with zero attached hydrogens (tertiary/aromatic N) is 2. The maximum Gasteiger partial charge on any atom is 0.356 e. The topological polar surface area (TPSA) is 89.1 Å². The number of anilines is 1. The lowest BCUT2D eigenvalue weighted by Crippen LogP contribution is -2.01. The van der Waals surface area contributed by atoms with Crippen molar-refractivity contribution in [3.8, 4) is 0 Å². The van der Waals surface area contributed by atoms with Gasteiger partial charge in [-0.1, -0.05) is 6.07 Å². The molecule has 0 aliphatic carbocycles. The molecule has 0 amide bonds. The second-order valence-corrected chi connectivity index (χ2v) is 2.85. The van der Waals surface area contributed by atoms with Gasteiger partial charge in [0.15, 0.2) is 5.69 Å². The van der Waals surface area contributed by atoms with E-state index in [-0.39, 0.29) is 5.69 Å². The van der Waals surface area contributed by atoms with Crippen molar-refractivity contribution in [2.24, 2.45) is 0 Å². The Bertz CT molecular complexity index is 510. The van der Waals surface area contributed by atoms with E-state index in [0.29, 0.717) is 16.6 Å². The molecule has 0 aliphatic rings. The van der Waals surface area contributed by atoms with E-state index >= 15 is 0 Å². The molecule has 1 aromatic carbocycles. The van der Waals surface area contributed by atoms with Gasteiger partial charge in [0.25, 0.3) is 0 Å². The smallest absolute Gasteiger partial charge is 0.356 e. The Morgan fingerprint density at radius 2 is 2.07 bits per heavy atom. The largest absolute Gasteiger partial charge is 0.476 e. The summed E-state index contributed by atoms with van der Waals surface area (Å²) >= 11 is 0. The van der Waals surface area contributed by atoms with Crippen molar-refractivity contribution in [2.45, 2.75) is 0 Å². The fraction of sp³-hybridized carbons (Fsp3) is 0. The highest BCUT2D eigenvalue weighted by molar-refractivity contribution is 5.90. The summed E-state index contributed by atoms with van der Waals surface area (Å²) in [6.45, 7) is 0. The molecule has 5 heteroatoms. The van der Waals surface area contributed by atoms with Crippen molar-refractivity contribution < 1.29 is 9.90 Å². The second-order valence-electron chi connectivity index (χ2n) is 2.85. The van der Waals surface area contributed by atoms with Gasteiger partial charge < -0.3 is 10.8 Å². The van der Waals surface area contributed by atoms with Gasteiger partial charge in [-0.3, -0.25) is 0 Å². The van der Waals surface area contributed by atoms with Crippen molar-refractivity contribution in [1.82, 2.24) is 10.2 Å². The number of aromatic carboxylic acids is 1. The van der Waals surface area contributed by atoms with E-state index in [0.717, 1.165) is 0 Å². The SMILES string of the molecule is Nc1ccc2cc(C(=O)O)nnc2c1. The lowest BCUT2D eigenvalue weighted by atomic mass is 10.2. The van der Waals surface area contributed by atoms with Crippen LogP contribution < -0.4 is 5.73 Å². The van der Waals surface area contributed by atoms with E-state index in [1.54, 1.807) is 18.2 Å². The van der Waals surface area contributed by atoms with Crippen molar-refractivity contribution in [3.05, 3.63) is 30.0 Å². The number of hydrogen-bond acceptors (Lipinski definition) is 4. The summed E-state index contributed by atoms with van der Waals surface area (Å²) in [5.74, 6) is -1.09. The lowest BCUT2D eigenvalue weighted by molar-refractivity contribution is 0.0689. The minimum atomic E-state index is -1.09. The van der Waals surface area contributed by atoms with Crippen LogP contribution in [0.25, 0.3) is 10.9 Å². The third kappa shape index (κ3) is 1.35. The zero-order valence-electron chi connectivity index (χ0n) is 7.14. The van der Waals surface area contributed by atoms with Crippen molar-refractivity contribution in [2.75, 3.05) is 5.73 Å². The Morgan fingerprint density at radius 1 is 1.29 bits per heavy atom. The van der Waals surface area contributed by atoms with Gasteiger partial charge in [0, 0.05) is 11.1 Å². The molecule has 1 aromatic heterocycles. The third-order valence-electron chi connectivity index (χ3n) is 1.83. The van der Waals surface area contributed by atoms with E-state index in [2.05, 4.69) is 10.2 Å². The summed E-state index contributed by atoms with van der Waals surface area (Å²) in [6.07, 6.45) is 0. The minimum absolute atomic E-state index is 0.0673. The molecule has 0 bridgehead atoms. The Hall–Kier alpha value is -2.17. The third-order valence-corrected chi connectivity index (χ3v) is 1.83. The first kappa shape index (κ1) is 8.43. The molecule has 0 spiro atoms. The summed E-state index contributed by atoms with van der Waals surface area (Å²) in [5, 5.41) is 16.7. The number of carboxylic acids is 1. The van der Waals surface area contributed by atoms with E-state index in [1.807, 2.05) is 0 Å². The fourth-order valence-corrected chi connectivity index (χ4v) is 1.16. The van der Waals surface area contributed by atoms with Gasteiger partial charge in [-0.15, -0.1) is 10.2 Å². The standard InChI is InChI=1S/C9H7N3O2/c10-6-2-1-5-3-8(9(13)14)12-11-7(5)4-6/h1-4H,10H2,(H,13,14). The lowest BCUT2D eigenvalue weighted by Gasteiger charge is -1.98. The number of rotatable bonds is 1. The van der Waals surface area contributed by atoms with Gasteiger partial charge in [-0.25, -0.2) is 4.79 Å². The molecule has 0 unspecified atom stereocenters. The molecule has 0 radical (unpaired) electrons. The molecule has 0 atom stereocenters. The van der Waals surface area contributed by atoms with Crippen LogP contribution in [0.1, 0.15) is 10.5 Å². The molecule has 0 aliphatic heterocycles. The maximum atomic E-state index is 10.6. The molecule has 1 heterocycles. The molecule has 14 heavy (non-hydrogen) atoms. The first-order valence-electron chi connectivity index (χ1n) is 3.93. The zero-order chi connectivity index (χ0) is 10.1. The number of nitrogen functional groups attached to an aromatic ring is 1. The maximum absolute atomic E-state index is 10.6. The van der Waals surface area contributed by atoms with Crippen molar-refractivity contribution in [3.63, 3.8) is 0 Å². The number of aromatic nitrogens is 2. The van der Waals surface area contributed by atoms with Crippen LogP contribution in [0.5, 0.6) is 0 Å². The van der Waals surface area contributed by atoms with Crippen LogP contribution in [-0.2, 0) is 0 Å². The molecule has 2 rings (SSSR count). The van der Waals surface area contributed by atoms with Crippen LogP contribution in [0.3, 0.4) is 0 Å². The first-order valence-corrected chi connectivity index (χ1v) is 3.93. The highest BCUT2D eigenvalue weighted by Gasteiger charge is 2.06. The first-order chi connectivity index (χ1) is 6.66. The Balaban J connectivity index is 2.67. The monoisotopic (exact) mass is 189 g/mol. The van der Waals surface area contributed by atoms with E-state index < -0.39 is 5.97 Å². The van der Waals surface area contributed by atoms with Crippen molar-refractivity contribution in [1.29, 1.82) is 0 Å². The molecule has 0 saturated heterocycles. The summed E-state index contributed by atoms with van der Waals surface area (Å²) in [6, 6.07) is 6.51. The number of carbonyl (C=O) groups is 1. The molecule has 70 valence electrons. The van der Waals surface area contributed by atoms with Crippen molar-refractivity contribution >= 4 is 22.6 Å². The van der Waals surface area contributed by atoms with Gasteiger partial charge >= 0.3 is 5.97 Å². The van der Waals surface area contributed by atoms with Gasteiger partial charge in [0.05, 0.1) is 5.52 Å². The molecule has 2 aromatic rings. The summed E-state index contributed by atoms with van der Waals surface area (Å²) in [5.41, 5.74) is 6.64. The zero-order valence-corrected chi connectivity index (χ0v) is 7.14. The molecule has 5 nitrogen and oxygen atoms in total. The molecular formula is C9H7N3O2. The van der Waals surface area contributed by atoms with Gasteiger partial charge in [0.1, 0.15) is 0 Å². The fourth-order valence-electron chi connectivity index (χ4n) is 1.16. The van der Waals surface area contributed by atoms with E-state index in [1.165, 1.54) is 6.07 Å². The van der Waals surface area contributed by atoms with Crippen LogP contribution in [0, 0.1) is 0 Å². The number of hydrogen-bond donors (Lipinski definition) is 2. The van der Waals surface area contributed by atoms with Crippen LogP contribution in [0.4, 0.5) is 5.69 Å². The molecular weight excluding hydrogens is 182 g/mol. The average Bonchev–Trinajstić information content (AvgIpc) is 2.16. The summed E-state index contributed by atoms with van der Waals surface area (Å²) in [7, 11) is 0. The summed E-state index contributed by atoms with van der Waals surface area (Å²) < 4.78 is 0. The van der Waals surface area contributed by atoms with Crippen LogP contribution in [0.15, 0.2) is 24.3 Å². The average molecular weight is 189 g/mol. The quantitative estimate of drug-likeness (QED) is 0.651. The van der Waals surface area contributed by atoms with E-state index in [9.17, 15) is 4.79 Å². The van der Waals surface area contributed by atoms with Crippen LogP contribution in [0.2, 0.25) is 0 Å². The normalized spacial score (nSPS) is 10.3. The highest BCUT2D eigenvalue weighted by atomic mass is 16.4. The molecule has 0 fully saturated rings. The number of carboxylic acid groups (broad SMARTS) is 1. The summed E-state index contributed by atoms with van der Waals surface area (Å²) in [4.78, 5) is 10.6. The Morgan fingerprint density at radius 3 is 2.79 bits per heavy atom. The minimum Gasteiger partial charge on any atom is -0.476 e. The highest BCUT2D eigenvalue weighted by Crippen LogP contribution is 2.14. The Kier molecular flexibility index (Phi) is 1.78. The molecule has 3 N–H and O–H groups in total.